The number of aromatic nitrogens is 1. The predicted octanol–water partition coefficient (Wildman–Crippen LogP) is 4.92. The minimum absolute atomic E-state index is 0.787. The Labute approximate surface area is 148 Å². The molecule has 0 bridgehead atoms. The summed E-state index contributed by atoms with van der Waals surface area (Å²) in [5.74, 6) is 3.28. The number of pyridine rings is 1. The minimum atomic E-state index is 0.787. The van der Waals surface area contributed by atoms with E-state index in [1.54, 1.807) is 14.2 Å². The van der Waals surface area contributed by atoms with Crippen molar-refractivity contribution in [3.63, 3.8) is 0 Å². The summed E-state index contributed by atoms with van der Waals surface area (Å²) in [4.78, 5) is 4.78. The van der Waals surface area contributed by atoms with Gasteiger partial charge in [-0.25, -0.2) is 0 Å². The van der Waals surface area contributed by atoms with E-state index in [4.69, 9.17) is 14.5 Å². The Hall–Kier alpha value is -2.29. The lowest BCUT2D eigenvalue weighted by Crippen LogP contribution is -2.21. The van der Waals surface area contributed by atoms with E-state index in [0.717, 1.165) is 23.3 Å². The van der Waals surface area contributed by atoms with Crippen molar-refractivity contribution in [3.8, 4) is 11.5 Å². The zero-order chi connectivity index (χ0) is 17.0. The molecule has 2 aliphatic carbocycles. The van der Waals surface area contributed by atoms with Crippen LogP contribution in [0.5, 0.6) is 11.5 Å². The highest BCUT2D eigenvalue weighted by atomic mass is 16.5. The van der Waals surface area contributed by atoms with Crippen molar-refractivity contribution >= 4 is 21.7 Å². The van der Waals surface area contributed by atoms with Gasteiger partial charge in [-0.15, -0.1) is 0 Å². The third kappa shape index (κ3) is 2.14. The van der Waals surface area contributed by atoms with Crippen LogP contribution in [-0.4, -0.2) is 19.2 Å². The van der Waals surface area contributed by atoms with Crippen LogP contribution >= 0.6 is 0 Å². The summed E-state index contributed by atoms with van der Waals surface area (Å²) in [5, 5.41) is 3.78. The molecule has 3 heteroatoms. The number of hydrogen-bond donors (Lipinski definition) is 0. The molecule has 0 saturated heterocycles. The summed E-state index contributed by atoms with van der Waals surface area (Å²) in [6.07, 6.45) is 8.41. The van der Waals surface area contributed by atoms with Crippen LogP contribution in [0.3, 0.4) is 0 Å². The molecule has 2 aromatic carbocycles. The van der Waals surface area contributed by atoms with Gasteiger partial charge in [-0.1, -0.05) is 12.5 Å². The van der Waals surface area contributed by atoms with E-state index < -0.39 is 0 Å². The molecule has 1 saturated carbocycles. The fourth-order valence-electron chi connectivity index (χ4n) is 5.15. The molecule has 1 aromatic heterocycles. The molecule has 1 fully saturated rings. The van der Waals surface area contributed by atoms with E-state index in [0.29, 0.717) is 0 Å². The van der Waals surface area contributed by atoms with Crippen LogP contribution in [0.15, 0.2) is 30.5 Å². The van der Waals surface area contributed by atoms with Crippen LogP contribution < -0.4 is 9.47 Å². The number of hydrogen-bond acceptors (Lipinski definition) is 3. The van der Waals surface area contributed by atoms with Gasteiger partial charge in [0.15, 0.2) is 11.5 Å². The van der Waals surface area contributed by atoms with Crippen molar-refractivity contribution in [1.82, 2.24) is 4.98 Å². The summed E-state index contributed by atoms with van der Waals surface area (Å²) in [6, 6.07) is 8.53. The zero-order valence-electron chi connectivity index (χ0n) is 14.8. The monoisotopic (exact) mass is 333 g/mol. The van der Waals surface area contributed by atoms with Crippen molar-refractivity contribution < 1.29 is 9.47 Å². The van der Waals surface area contributed by atoms with E-state index in [2.05, 4.69) is 18.2 Å². The molecule has 2 unspecified atom stereocenters. The maximum Gasteiger partial charge on any atom is 0.161 e. The number of nitrogens with zero attached hydrogens (tertiary/aromatic N) is 1. The van der Waals surface area contributed by atoms with Gasteiger partial charge < -0.3 is 9.47 Å². The molecule has 1 heterocycles. The molecular weight excluding hydrogens is 310 g/mol. The Bertz CT molecular complexity index is 979. The standard InChI is InChI=1S/C22H23NO2/c1-24-20-11-17-15-7-4-8-23-22(15)19-10-14-6-3-5-13(14)9-16(19)18(17)12-21(20)25-2/h4,7-8,11-14H,3,5-6,9-10H2,1-2H3. The molecule has 3 nitrogen and oxygen atoms in total. The van der Waals surface area contributed by atoms with Gasteiger partial charge in [0, 0.05) is 11.6 Å². The van der Waals surface area contributed by atoms with Crippen LogP contribution in [0, 0.1) is 11.8 Å². The highest BCUT2D eigenvalue weighted by Gasteiger charge is 2.34. The van der Waals surface area contributed by atoms with Crippen LogP contribution in [-0.2, 0) is 12.8 Å². The van der Waals surface area contributed by atoms with Gasteiger partial charge in [-0.3, -0.25) is 4.98 Å². The Kier molecular flexibility index (Phi) is 3.37. The van der Waals surface area contributed by atoms with Crippen LogP contribution in [0.2, 0.25) is 0 Å². The molecule has 0 spiro atoms. The minimum Gasteiger partial charge on any atom is -0.493 e. The van der Waals surface area contributed by atoms with Gasteiger partial charge in [0.2, 0.25) is 0 Å². The summed E-state index contributed by atoms with van der Waals surface area (Å²) in [5.41, 5.74) is 4.14. The SMILES string of the molecule is COc1cc2c3c(c4ncccc4c2cc1OC)CC1CCCC1C3. The molecular formula is C22H23NO2. The van der Waals surface area contributed by atoms with E-state index in [-0.39, 0.29) is 0 Å². The molecule has 0 aliphatic heterocycles. The van der Waals surface area contributed by atoms with Crippen molar-refractivity contribution in [2.24, 2.45) is 11.8 Å². The van der Waals surface area contributed by atoms with E-state index >= 15 is 0 Å². The topological polar surface area (TPSA) is 31.4 Å². The fourth-order valence-corrected chi connectivity index (χ4v) is 5.15. The van der Waals surface area contributed by atoms with Gasteiger partial charge in [-0.05, 0) is 77.6 Å². The predicted molar refractivity (Wildman–Crippen MR) is 101 cm³/mol. The zero-order valence-corrected chi connectivity index (χ0v) is 14.8. The molecule has 0 radical (unpaired) electrons. The number of fused-ring (bicyclic) bond motifs is 7. The lowest BCUT2D eigenvalue weighted by molar-refractivity contribution is 0.355. The number of rotatable bonds is 2. The molecule has 0 N–H and O–H groups in total. The van der Waals surface area contributed by atoms with Crippen molar-refractivity contribution in [3.05, 3.63) is 41.6 Å². The van der Waals surface area contributed by atoms with Gasteiger partial charge in [0.25, 0.3) is 0 Å². The first-order valence-electron chi connectivity index (χ1n) is 9.24. The fraction of sp³-hybridized carbons (Fsp3) is 0.409. The largest absolute Gasteiger partial charge is 0.493 e. The quantitative estimate of drug-likeness (QED) is 0.624. The Balaban J connectivity index is 1.88. The first-order chi connectivity index (χ1) is 12.3. The summed E-state index contributed by atoms with van der Waals surface area (Å²) in [7, 11) is 3.41. The maximum absolute atomic E-state index is 5.59. The van der Waals surface area contributed by atoms with E-state index in [1.807, 2.05) is 12.3 Å². The molecule has 2 aliphatic rings. The van der Waals surface area contributed by atoms with Gasteiger partial charge in [0.05, 0.1) is 19.7 Å². The van der Waals surface area contributed by atoms with Gasteiger partial charge >= 0.3 is 0 Å². The second-order valence-electron chi connectivity index (χ2n) is 7.47. The van der Waals surface area contributed by atoms with E-state index in [9.17, 15) is 0 Å². The van der Waals surface area contributed by atoms with Crippen LogP contribution in [0.1, 0.15) is 30.4 Å². The molecule has 0 amide bonds. The lowest BCUT2D eigenvalue weighted by Gasteiger charge is -2.30. The third-order valence-corrected chi connectivity index (χ3v) is 6.35. The highest BCUT2D eigenvalue weighted by Crippen LogP contribution is 2.47. The molecule has 5 rings (SSSR count). The van der Waals surface area contributed by atoms with Crippen molar-refractivity contribution in [2.45, 2.75) is 32.1 Å². The smallest absolute Gasteiger partial charge is 0.161 e. The first-order valence-corrected chi connectivity index (χ1v) is 9.24. The van der Waals surface area contributed by atoms with Gasteiger partial charge in [0.1, 0.15) is 0 Å². The first kappa shape index (κ1) is 15.0. The summed E-state index contributed by atoms with van der Waals surface area (Å²) in [6.45, 7) is 0. The van der Waals surface area contributed by atoms with Crippen molar-refractivity contribution in [2.75, 3.05) is 14.2 Å². The number of benzene rings is 2. The Morgan fingerprint density at radius 3 is 2.28 bits per heavy atom. The maximum atomic E-state index is 5.59. The van der Waals surface area contributed by atoms with Crippen LogP contribution in [0.25, 0.3) is 21.7 Å². The third-order valence-electron chi connectivity index (χ3n) is 6.35. The average molecular weight is 333 g/mol. The molecule has 25 heavy (non-hydrogen) atoms. The second kappa shape index (κ2) is 5.62. The lowest BCUT2D eigenvalue weighted by atomic mass is 9.75. The Morgan fingerprint density at radius 1 is 0.880 bits per heavy atom. The number of ether oxygens (including phenoxy) is 2. The molecule has 3 aromatic rings. The summed E-state index contributed by atoms with van der Waals surface area (Å²) >= 11 is 0. The molecule has 2 atom stereocenters. The second-order valence-corrected chi connectivity index (χ2v) is 7.47. The Morgan fingerprint density at radius 2 is 1.56 bits per heavy atom. The van der Waals surface area contributed by atoms with Crippen LogP contribution in [0.4, 0.5) is 0 Å². The van der Waals surface area contributed by atoms with Gasteiger partial charge in [-0.2, -0.15) is 0 Å². The number of methoxy groups -OCH3 is 2. The summed E-state index contributed by atoms with van der Waals surface area (Å²) < 4.78 is 11.2. The van der Waals surface area contributed by atoms with Crippen molar-refractivity contribution in [1.29, 1.82) is 0 Å². The molecule has 128 valence electrons. The normalized spacial score (nSPS) is 22.0. The average Bonchev–Trinajstić information content (AvgIpc) is 3.13. The van der Waals surface area contributed by atoms with E-state index in [1.165, 1.54) is 64.9 Å². The highest BCUT2D eigenvalue weighted by molar-refractivity contribution is 6.10.